The Kier molecular flexibility index (Phi) is 5.31. The molecule has 0 saturated carbocycles. The van der Waals surface area contributed by atoms with Crippen molar-refractivity contribution in [2.45, 2.75) is 27.7 Å². The van der Waals surface area contributed by atoms with Crippen LogP contribution in [-0.4, -0.2) is 10.9 Å². The van der Waals surface area contributed by atoms with E-state index in [1.54, 1.807) is 0 Å². The molecule has 0 aliphatic rings. The summed E-state index contributed by atoms with van der Waals surface area (Å²) in [6, 6.07) is 19.5. The molecule has 1 aromatic heterocycles. The second kappa shape index (κ2) is 7.92. The minimum absolute atomic E-state index is 0.134. The highest BCUT2D eigenvalue weighted by atomic mass is 35.5. The Labute approximate surface area is 181 Å². The quantitative estimate of drug-likeness (QED) is 0.390. The number of aryl methyl sites for hydroxylation is 3. The van der Waals surface area contributed by atoms with Gasteiger partial charge >= 0.3 is 0 Å². The molecule has 0 fully saturated rings. The van der Waals surface area contributed by atoms with Crippen molar-refractivity contribution in [1.82, 2.24) is 4.98 Å². The molecule has 4 aromatic rings. The Morgan fingerprint density at radius 3 is 2.33 bits per heavy atom. The molecule has 4 rings (SSSR count). The van der Waals surface area contributed by atoms with E-state index in [2.05, 4.69) is 11.4 Å². The summed E-state index contributed by atoms with van der Waals surface area (Å²) in [7, 11) is 0. The highest BCUT2D eigenvalue weighted by molar-refractivity contribution is 6.30. The van der Waals surface area contributed by atoms with Crippen LogP contribution in [0.1, 0.15) is 32.6 Å². The molecule has 0 radical (unpaired) electrons. The fourth-order valence-electron chi connectivity index (χ4n) is 3.91. The summed E-state index contributed by atoms with van der Waals surface area (Å²) in [6.07, 6.45) is 0. The van der Waals surface area contributed by atoms with Crippen molar-refractivity contribution >= 4 is 34.1 Å². The second-order valence-corrected chi connectivity index (χ2v) is 8.21. The van der Waals surface area contributed by atoms with Crippen LogP contribution in [0, 0.1) is 27.7 Å². The highest BCUT2D eigenvalue weighted by Gasteiger charge is 2.20. The van der Waals surface area contributed by atoms with Gasteiger partial charge in [0.25, 0.3) is 5.91 Å². The van der Waals surface area contributed by atoms with E-state index < -0.39 is 0 Å². The number of nitrogens with one attached hydrogen (secondary N) is 1. The lowest BCUT2D eigenvalue weighted by atomic mass is 9.94. The third-order valence-corrected chi connectivity index (χ3v) is 5.54. The largest absolute Gasteiger partial charge is 0.322 e. The Morgan fingerprint density at radius 2 is 1.63 bits per heavy atom. The minimum Gasteiger partial charge on any atom is -0.322 e. The first kappa shape index (κ1) is 20.1. The van der Waals surface area contributed by atoms with Gasteiger partial charge in [0, 0.05) is 21.7 Å². The molecular weight excluding hydrogens is 392 g/mol. The first-order chi connectivity index (χ1) is 14.3. The fourth-order valence-corrected chi connectivity index (χ4v) is 4.04. The van der Waals surface area contributed by atoms with Crippen molar-refractivity contribution in [3.05, 3.63) is 93.5 Å². The highest BCUT2D eigenvalue weighted by Crippen LogP contribution is 2.33. The summed E-state index contributed by atoms with van der Waals surface area (Å²) in [5, 5.41) is 4.61. The number of hydrogen-bond acceptors (Lipinski definition) is 2. The van der Waals surface area contributed by atoms with Gasteiger partial charge in [0.1, 0.15) is 0 Å². The number of aromatic nitrogens is 1. The predicted molar refractivity (Wildman–Crippen MR) is 126 cm³/mol. The van der Waals surface area contributed by atoms with Crippen LogP contribution >= 0.6 is 11.6 Å². The van der Waals surface area contributed by atoms with Gasteiger partial charge in [-0.25, -0.2) is 4.98 Å². The standard InChI is InChI=1S/C26H23ClN2O/c1-15-6-5-7-21(13-15)28-26(30)23-18(4)25(19-8-10-20(27)11-9-19)29-24-17(3)12-16(2)14-22(23)24/h5-14H,1-4H3,(H,28,30). The summed E-state index contributed by atoms with van der Waals surface area (Å²) < 4.78 is 0. The summed E-state index contributed by atoms with van der Waals surface area (Å²) >= 11 is 6.08. The molecule has 3 nitrogen and oxygen atoms in total. The van der Waals surface area contributed by atoms with Gasteiger partial charge in [-0.15, -0.1) is 0 Å². The van der Waals surface area contributed by atoms with Gasteiger partial charge in [-0.05, 0) is 74.7 Å². The van der Waals surface area contributed by atoms with E-state index in [0.717, 1.165) is 50.1 Å². The van der Waals surface area contributed by atoms with Gasteiger partial charge in [-0.2, -0.15) is 0 Å². The zero-order valence-electron chi connectivity index (χ0n) is 17.5. The van der Waals surface area contributed by atoms with Crippen LogP contribution in [0.3, 0.4) is 0 Å². The maximum Gasteiger partial charge on any atom is 0.256 e. The van der Waals surface area contributed by atoms with Crippen molar-refractivity contribution in [3.8, 4) is 11.3 Å². The second-order valence-electron chi connectivity index (χ2n) is 7.77. The Bertz CT molecular complexity index is 1280. The van der Waals surface area contributed by atoms with Gasteiger partial charge in [-0.1, -0.05) is 47.5 Å². The average molecular weight is 415 g/mol. The van der Waals surface area contributed by atoms with Crippen molar-refractivity contribution in [2.75, 3.05) is 5.32 Å². The molecule has 30 heavy (non-hydrogen) atoms. The molecule has 1 heterocycles. The summed E-state index contributed by atoms with van der Waals surface area (Å²) in [5.74, 6) is -0.134. The van der Waals surface area contributed by atoms with Gasteiger partial charge in [0.2, 0.25) is 0 Å². The molecule has 1 N–H and O–H groups in total. The maximum atomic E-state index is 13.5. The molecule has 0 bridgehead atoms. The molecule has 0 aliphatic carbocycles. The van der Waals surface area contributed by atoms with E-state index in [-0.39, 0.29) is 5.91 Å². The summed E-state index contributed by atoms with van der Waals surface area (Å²) in [4.78, 5) is 18.4. The number of carbonyl (C=O) groups excluding carboxylic acids is 1. The normalized spacial score (nSPS) is 11.0. The lowest BCUT2D eigenvalue weighted by Gasteiger charge is -2.17. The number of carbonyl (C=O) groups is 1. The van der Waals surface area contributed by atoms with Gasteiger partial charge < -0.3 is 5.32 Å². The van der Waals surface area contributed by atoms with Crippen LogP contribution in [-0.2, 0) is 0 Å². The average Bonchev–Trinajstić information content (AvgIpc) is 2.68. The van der Waals surface area contributed by atoms with E-state index in [0.29, 0.717) is 10.6 Å². The van der Waals surface area contributed by atoms with Crippen molar-refractivity contribution in [3.63, 3.8) is 0 Å². The van der Waals surface area contributed by atoms with Crippen LogP contribution in [0.2, 0.25) is 5.02 Å². The number of rotatable bonds is 3. The smallest absolute Gasteiger partial charge is 0.256 e. The SMILES string of the molecule is Cc1cccc(NC(=O)c2c(C)c(-c3ccc(Cl)cc3)nc3c(C)cc(C)cc23)c1. The molecule has 0 atom stereocenters. The number of amides is 1. The number of hydrogen-bond donors (Lipinski definition) is 1. The lowest BCUT2D eigenvalue weighted by molar-refractivity contribution is 0.102. The number of pyridine rings is 1. The fraction of sp³-hybridized carbons (Fsp3) is 0.154. The van der Waals surface area contributed by atoms with Crippen molar-refractivity contribution < 1.29 is 4.79 Å². The van der Waals surface area contributed by atoms with Crippen LogP contribution in [0.15, 0.2) is 60.7 Å². The van der Waals surface area contributed by atoms with Crippen LogP contribution in [0.25, 0.3) is 22.2 Å². The molecule has 0 saturated heterocycles. The van der Waals surface area contributed by atoms with Crippen LogP contribution < -0.4 is 5.32 Å². The molecule has 0 spiro atoms. The molecule has 150 valence electrons. The van der Waals surface area contributed by atoms with Gasteiger partial charge in [0.15, 0.2) is 0 Å². The number of halogens is 1. The lowest BCUT2D eigenvalue weighted by Crippen LogP contribution is -2.15. The monoisotopic (exact) mass is 414 g/mol. The Balaban J connectivity index is 1.95. The summed E-state index contributed by atoms with van der Waals surface area (Å²) in [6.45, 7) is 8.04. The Morgan fingerprint density at radius 1 is 0.900 bits per heavy atom. The third kappa shape index (κ3) is 3.81. The molecule has 4 heteroatoms. The van der Waals surface area contributed by atoms with E-state index in [4.69, 9.17) is 16.6 Å². The first-order valence-electron chi connectivity index (χ1n) is 9.89. The van der Waals surface area contributed by atoms with Gasteiger partial charge in [-0.3, -0.25) is 4.79 Å². The Hall–Kier alpha value is -3.17. The van der Waals surface area contributed by atoms with Crippen LogP contribution in [0.5, 0.6) is 0 Å². The molecule has 0 unspecified atom stereocenters. The summed E-state index contributed by atoms with van der Waals surface area (Å²) in [5.41, 5.74) is 8.09. The number of anilines is 1. The maximum absolute atomic E-state index is 13.5. The third-order valence-electron chi connectivity index (χ3n) is 5.29. The van der Waals surface area contributed by atoms with Crippen molar-refractivity contribution in [2.24, 2.45) is 0 Å². The van der Waals surface area contributed by atoms with Crippen molar-refractivity contribution in [1.29, 1.82) is 0 Å². The van der Waals surface area contributed by atoms with Gasteiger partial charge in [0.05, 0.1) is 16.8 Å². The minimum atomic E-state index is -0.134. The van der Waals surface area contributed by atoms with E-state index in [9.17, 15) is 4.79 Å². The molecule has 1 amide bonds. The van der Waals surface area contributed by atoms with Crippen LogP contribution in [0.4, 0.5) is 5.69 Å². The molecule has 3 aromatic carbocycles. The van der Waals surface area contributed by atoms with E-state index in [1.807, 2.05) is 82.3 Å². The zero-order valence-corrected chi connectivity index (χ0v) is 18.3. The first-order valence-corrected chi connectivity index (χ1v) is 10.3. The van der Waals surface area contributed by atoms with E-state index in [1.165, 1.54) is 0 Å². The number of fused-ring (bicyclic) bond motifs is 1. The molecule has 0 aliphatic heterocycles. The van der Waals surface area contributed by atoms with E-state index >= 15 is 0 Å². The topological polar surface area (TPSA) is 42.0 Å². The predicted octanol–water partition coefficient (Wildman–Crippen LogP) is 7.04. The molecular formula is C26H23ClN2O. The zero-order chi connectivity index (χ0) is 21.4. The number of nitrogens with zero attached hydrogens (tertiary/aromatic N) is 1. The number of benzene rings is 3.